The molecule has 0 spiro atoms. The molecule has 2 fully saturated rings. The third kappa shape index (κ3) is 5.16. The average Bonchev–Trinajstić information content (AvgIpc) is 2.58. The van der Waals surface area contributed by atoms with Crippen LogP contribution in [0.3, 0.4) is 0 Å². The Morgan fingerprint density at radius 3 is 2.32 bits per heavy atom. The Balaban J connectivity index is 1.40. The minimum Gasteiger partial charge on any atom is -0.445 e. The highest BCUT2D eigenvalue weighted by molar-refractivity contribution is 5.69. The molecule has 0 saturated carbocycles. The van der Waals surface area contributed by atoms with Crippen LogP contribution in [0, 0.1) is 0 Å². The lowest BCUT2D eigenvalue weighted by atomic mass is 10.0. The van der Waals surface area contributed by atoms with Crippen molar-refractivity contribution in [2.75, 3.05) is 32.7 Å². The minimum atomic E-state index is -0.484. The molecule has 0 unspecified atom stereocenters. The van der Waals surface area contributed by atoms with E-state index < -0.39 is 5.60 Å². The van der Waals surface area contributed by atoms with E-state index in [1.54, 1.807) is 9.80 Å². The fourth-order valence-corrected chi connectivity index (χ4v) is 3.56. The Hall–Kier alpha value is -2.28. The van der Waals surface area contributed by atoms with E-state index in [4.69, 9.17) is 9.47 Å². The van der Waals surface area contributed by atoms with Crippen molar-refractivity contribution >= 4 is 12.2 Å². The van der Waals surface area contributed by atoms with Crippen molar-refractivity contribution in [1.29, 1.82) is 0 Å². The summed E-state index contributed by atoms with van der Waals surface area (Å²) in [4.78, 5) is 30.4. The van der Waals surface area contributed by atoms with Crippen LogP contribution in [0.5, 0.6) is 0 Å². The van der Waals surface area contributed by atoms with Crippen LogP contribution in [0.1, 0.15) is 33.3 Å². The molecule has 154 valence electrons. The Labute approximate surface area is 167 Å². The fraction of sp³-hybridized carbons (Fsp3) is 0.619. The van der Waals surface area contributed by atoms with Gasteiger partial charge in [0.05, 0.1) is 0 Å². The molecule has 0 radical (unpaired) electrons. The van der Waals surface area contributed by atoms with Crippen LogP contribution >= 0.6 is 0 Å². The number of carbonyl (C=O) groups excluding carboxylic acids is 2. The van der Waals surface area contributed by atoms with Crippen molar-refractivity contribution < 1.29 is 19.1 Å². The highest BCUT2D eigenvalue weighted by Crippen LogP contribution is 2.22. The van der Waals surface area contributed by atoms with Gasteiger partial charge in [0.1, 0.15) is 12.2 Å². The molecule has 0 aromatic heterocycles. The minimum absolute atomic E-state index is 0.0858. The number of likely N-dealkylation sites (tertiary alicyclic amines) is 1. The average molecular weight is 389 g/mol. The summed E-state index contributed by atoms with van der Waals surface area (Å²) in [6, 6.07) is 10.1. The van der Waals surface area contributed by atoms with E-state index in [9.17, 15) is 9.59 Å². The maximum absolute atomic E-state index is 12.3. The van der Waals surface area contributed by atoms with Crippen molar-refractivity contribution in [2.45, 2.75) is 52.0 Å². The highest BCUT2D eigenvalue weighted by atomic mass is 16.6. The summed E-state index contributed by atoms with van der Waals surface area (Å²) < 4.78 is 10.9. The summed E-state index contributed by atoms with van der Waals surface area (Å²) in [7, 11) is 0. The van der Waals surface area contributed by atoms with Gasteiger partial charge in [0.2, 0.25) is 0 Å². The molecule has 7 nitrogen and oxygen atoms in total. The molecule has 2 saturated heterocycles. The van der Waals surface area contributed by atoms with Crippen LogP contribution in [0.4, 0.5) is 9.59 Å². The van der Waals surface area contributed by atoms with Gasteiger partial charge in [-0.2, -0.15) is 0 Å². The summed E-state index contributed by atoms with van der Waals surface area (Å²) in [5.41, 5.74) is 0.503. The van der Waals surface area contributed by atoms with Gasteiger partial charge in [-0.05, 0) is 33.3 Å². The molecule has 0 aliphatic carbocycles. The Kier molecular flexibility index (Phi) is 6.13. The van der Waals surface area contributed by atoms with Gasteiger partial charge in [0.15, 0.2) is 0 Å². The molecule has 2 aliphatic heterocycles. The summed E-state index contributed by atoms with van der Waals surface area (Å²) >= 11 is 0. The fourth-order valence-electron chi connectivity index (χ4n) is 3.56. The van der Waals surface area contributed by atoms with Crippen LogP contribution in [-0.4, -0.2) is 77.3 Å². The zero-order valence-electron chi connectivity index (χ0n) is 17.3. The molecular formula is C21H31N3O4. The number of amides is 2. The van der Waals surface area contributed by atoms with Gasteiger partial charge in [0.25, 0.3) is 0 Å². The standard InChI is InChI=1S/C21H31N3O4/c1-16-12-22(10-11-24(16)20(26)28-21(2,3)4)18-13-23(14-18)19(25)27-15-17-8-6-5-7-9-17/h5-9,16,18H,10-15H2,1-4H3/t16-/m1/s1. The second-order valence-electron chi connectivity index (χ2n) is 8.62. The quantitative estimate of drug-likeness (QED) is 0.795. The zero-order valence-corrected chi connectivity index (χ0v) is 17.3. The normalized spacial score (nSPS) is 21.2. The topological polar surface area (TPSA) is 62.3 Å². The first kappa shape index (κ1) is 20.5. The van der Waals surface area contributed by atoms with E-state index in [1.165, 1.54) is 0 Å². The molecular weight excluding hydrogens is 358 g/mol. The van der Waals surface area contributed by atoms with Crippen molar-refractivity contribution in [1.82, 2.24) is 14.7 Å². The lowest BCUT2D eigenvalue weighted by molar-refractivity contribution is -0.0275. The zero-order chi connectivity index (χ0) is 20.3. The van der Waals surface area contributed by atoms with Crippen molar-refractivity contribution in [3.8, 4) is 0 Å². The first-order valence-corrected chi connectivity index (χ1v) is 9.92. The first-order valence-electron chi connectivity index (χ1n) is 9.92. The van der Waals surface area contributed by atoms with Gasteiger partial charge < -0.3 is 19.3 Å². The third-order valence-electron chi connectivity index (χ3n) is 5.13. The molecule has 2 amide bonds. The monoisotopic (exact) mass is 389 g/mol. The Bertz CT molecular complexity index is 683. The molecule has 2 aliphatic rings. The number of hydrogen-bond donors (Lipinski definition) is 0. The second kappa shape index (κ2) is 8.39. The molecule has 3 rings (SSSR count). The van der Waals surface area contributed by atoms with Gasteiger partial charge in [0, 0.05) is 44.8 Å². The lowest BCUT2D eigenvalue weighted by Gasteiger charge is -2.49. The lowest BCUT2D eigenvalue weighted by Crippen LogP contribution is -2.66. The number of rotatable bonds is 3. The van der Waals surface area contributed by atoms with Crippen LogP contribution in [0.15, 0.2) is 30.3 Å². The summed E-state index contributed by atoms with van der Waals surface area (Å²) in [6.45, 7) is 11.6. The number of carbonyl (C=O) groups is 2. The molecule has 0 bridgehead atoms. The van der Waals surface area contributed by atoms with Gasteiger partial charge in [-0.3, -0.25) is 4.90 Å². The van der Waals surface area contributed by atoms with Crippen LogP contribution in [-0.2, 0) is 16.1 Å². The summed E-state index contributed by atoms with van der Waals surface area (Å²) in [6.07, 6.45) is -0.514. The summed E-state index contributed by atoms with van der Waals surface area (Å²) in [5, 5.41) is 0. The van der Waals surface area contributed by atoms with Gasteiger partial charge in [-0.15, -0.1) is 0 Å². The smallest absolute Gasteiger partial charge is 0.410 e. The van der Waals surface area contributed by atoms with E-state index in [0.717, 1.165) is 18.7 Å². The number of piperazine rings is 1. The van der Waals surface area contributed by atoms with Crippen molar-refractivity contribution in [3.05, 3.63) is 35.9 Å². The van der Waals surface area contributed by atoms with E-state index in [2.05, 4.69) is 4.90 Å². The number of ether oxygens (including phenoxy) is 2. The summed E-state index contributed by atoms with van der Waals surface area (Å²) in [5.74, 6) is 0. The Morgan fingerprint density at radius 1 is 1.04 bits per heavy atom. The van der Waals surface area contributed by atoms with E-state index in [1.807, 2.05) is 58.0 Å². The predicted molar refractivity (Wildman–Crippen MR) is 106 cm³/mol. The van der Waals surface area contributed by atoms with E-state index in [0.29, 0.717) is 32.3 Å². The number of benzene rings is 1. The van der Waals surface area contributed by atoms with Crippen molar-refractivity contribution in [2.24, 2.45) is 0 Å². The van der Waals surface area contributed by atoms with Crippen LogP contribution in [0.2, 0.25) is 0 Å². The molecule has 1 aromatic carbocycles. The number of hydrogen-bond acceptors (Lipinski definition) is 5. The molecule has 0 N–H and O–H groups in total. The van der Waals surface area contributed by atoms with Crippen LogP contribution in [0.25, 0.3) is 0 Å². The van der Waals surface area contributed by atoms with E-state index >= 15 is 0 Å². The maximum atomic E-state index is 12.3. The van der Waals surface area contributed by atoms with Gasteiger partial charge in [-0.1, -0.05) is 30.3 Å². The predicted octanol–water partition coefficient (Wildman–Crippen LogP) is 2.95. The molecule has 7 heteroatoms. The third-order valence-corrected chi connectivity index (χ3v) is 5.13. The largest absolute Gasteiger partial charge is 0.445 e. The molecule has 2 heterocycles. The SMILES string of the molecule is C[C@@H]1CN(C2CN(C(=O)OCc3ccccc3)C2)CCN1C(=O)OC(C)(C)C. The van der Waals surface area contributed by atoms with E-state index in [-0.39, 0.29) is 18.2 Å². The van der Waals surface area contributed by atoms with Crippen molar-refractivity contribution in [3.63, 3.8) is 0 Å². The van der Waals surface area contributed by atoms with Gasteiger partial charge in [-0.25, -0.2) is 9.59 Å². The Morgan fingerprint density at radius 2 is 1.71 bits per heavy atom. The number of nitrogens with zero attached hydrogens (tertiary/aromatic N) is 3. The first-order chi connectivity index (χ1) is 13.2. The van der Waals surface area contributed by atoms with Crippen LogP contribution < -0.4 is 0 Å². The maximum Gasteiger partial charge on any atom is 0.410 e. The molecule has 28 heavy (non-hydrogen) atoms. The molecule has 1 aromatic rings. The second-order valence-corrected chi connectivity index (χ2v) is 8.62. The van der Waals surface area contributed by atoms with Gasteiger partial charge >= 0.3 is 12.2 Å². The molecule has 1 atom stereocenters. The highest BCUT2D eigenvalue weighted by Gasteiger charge is 2.39.